The molecule has 0 fully saturated rings. The van der Waals surface area contributed by atoms with Crippen LogP contribution in [0.2, 0.25) is 0 Å². The van der Waals surface area contributed by atoms with Gasteiger partial charge in [-0.05, 0) is 20.8 Å². The molecule has 1 aromatic heterocycles. The Hall–Kier alpha value is -1.32. The number of rotatable bonds is 2. The van der Waals surface area contributed by atoms with E-state index in [1.807, 2.05) is 20.8 Å². The predicted octanol–water partition coefficient (Wildman–Crippen LogP) is 1.30. The molecule has 0 aliphatic rings. The standard InChI is InChI=1S/C9H13N2O2/c1-9(2,3)13-8(12)4-7-5-10-6-11-7/h4-6H,1-3H3,(H,10,11). The van der Waals surface area contributed by atoms with E-state index in [0.29, 0.717) is 5.69 Å². The number of carbonyl (C=O) groups is 1. The Morgan fingerprint density at radius 3 is 2.77 bits per heavy atom. The average molecular weight is 181 g/mol. The van der Waals surface area contributed by atoms with E-state index >= 15 is 0 Å². The highest BCUT2D eigenvalue weighted by atomic mass is 16.6. The van der Waals surface area contributed by atoms with E-state index in [4.69, 9.17) is 4.74 Å². The summed E-state index contributed by atoms with van der Waals surface area (Å²) < 4.78 is 5.06. The van der Waals surface area contributed by atoms with Crippen molar-refractivity contribution in [2.45, 2.75) is 26.4 Å². The predicted molar refractivity (Wildman–Crippen MR) is 47.8 cm³/mol. The SMILES string of the molecule is CC(C)(C)OC(=O)[CH]c1c[nH]cn1. The first-order valence-electron chi connectivity index (χ1n) is 4.04. The lowest BCUT2D eigenvalue weighted by Crippen LogP contribution is -2.24. The molecule has 13 heavy (non-hydrogen) atoms. The van der Waals surface area contributed by atoms with Gasteiger partial charge in [-0.15, -0.1) is 0 Å². The third-order valence-electron chi connectivity index (χ3n) is 1.19. The van der Waals surface area contributed by atoms with Crippen LogP contribution in [0.3, 0.4) is 0 Å². The second kappa shape index (κ2) is 3.60. The van der Waals surface area contributed by atoms with Gasteiger partial charge in [0.2, 0.25) is 0 Å². The number of nitrogens with zero attached hydrogens (tertiary/aromatic N) is 1. The summed E-state index contributed by atoms with van der Waals surface area (Å²) in [5, 5.41) is 0. The summed E-state index contributed by atoms with van der Waals surface area (Å²) in [6.07, 6.45) is 4.49. The van der Waals surface area contributed by atoms with E-state index in [9.17, 15) is 4.79 Å². The smallest absolute Gasteiger partial charge is 0.316 e. The third kappa shape index (κ3) is 3.73. The van der Waals surface area contributed by atoms with Crippen molar-refractivity contribution in [3.63, 3.8) is 0 Å². The number of aromatic amines is 1. The Bertz CT molecular complexity index is 272. The molecule has 0 amide bonds. The first-order chi connectivity index (χ1) is 5.97. The maximum Gasteiger partial charge on any atom is 0.316 e. The van der Waals surface area contributed by atoms with Crippen LogP contribution in [0.4, 0.5) is 0 Å². The summed E-state index contributed by atoms with van der Waals surface area (Å²) in [6, 6.07) is 0. The molecule has 0 atom stereocenters. The van der Waals surface area contributed by atoms with Crippen LogP contribution in [0.1, 0.15) is 26.5 Å². The van der Waals surface area contributed by atoms with Crippen molar-refractivity contribution < 1.29 is 9.53 Å². The second-order valence-electron chi connectivity index (χ2n) is 3.67. The normalized spacial score (nSPS) is 11.3. The summed E-state index contributed by atoms with van der Waals surface area (Å²) in [7, 11) is 0. The number of imidazole rings is 1. The number of hydrogen-bond donors (Lipinski definition) is 1. The van der Waals surface area contributed by atoms with E-state index in [0.717, 1.165) is 0 Å². The van der Waals surface area contributed by atoms with Crippen LogP contribution in [0.15, 0.2) is 12.5 Å². The summed E-state index contributed by atoms with van der Waals surface area (Å²) in [6.45, 7) is 5.47. The van der Waals surface area contributed by atoms with Crippen LogP contribution < -0.4 is 0 Å². The molecule has 0 aliphatic heterocycles. The minimum absolute atomic E-state index is 0.375. The lowest BCUT2D eigenvalue weighted by Gasteiger charge is -2.18. The van der Waals surface area contributed by atoms with Crippen LogP contribution in [0.25, 0.3) is 0 Å². The third-order valence-corrected chi connectivity index (χ3v) is 1.19. The molecule has 1 radical (unpaired) electrons. The fraction of sp³-hybridized carbons (Fsp3) is 0.444. The molecule has 0 unspecified atom stereocenters. The molecule has 1 N–H and O–H groups in total. The second-order valence-corrected chi connectivity index (χ2v) is 3.67. The first kappa shape index (κ1) is 9.77. The van der Waals surface area contributed by atoms with Gasteiger partial charge >= 0.3 is 5.97 Å². The van der Waals surface area contributed by atoms with Gasteiger partial charge in [-0.1, -0.05) is 0 Å². The van der Waals surface area contributed by atoms with E-state index in [1.165, 1.54) is 12.7 Å². The number of hydrogen-bond acceptors (Lipinski definition) is 3. The van der Waals surface area contributed by atoms with Gasteiger partial charge in [-0.25, -0.2) is 4.98 Å². The number of nitrogens with one attached hydrogen (secondary N) is 1. The van der Waals surface area contributed by atoms with E-state index in [2.05, 4.69) is 9.97 Å². The lowest BCUT2D eigenvalue weighted by atomic mass is 10.2. The number of ether oxygens (including phenoxy) is 1. The molecular formula is C9H13N2O2. The summed E-state index contributed by atoms with van der Waals surface area (Å²) in [4.78, 5) is 17.8. The molecule has 4 nitrogen and oxygen atoms in total. The molecule has 0 bridgehead atoms. The summed E-state index contributed by atoms with van der Waals surface area (Å²) >= 11 is 0. The first-order valence-corrected chi connectivity index (χ1v) is 4.04. The molecular weight excluding hydrogens is 168 g/mol. The molecule has 1 aromatic rings. The molecule has 0 aliphatic carbocycles. The minimum atomic E-state index is -0.454. The van der Waals surface area contributed by atoms with Crippen molar-refractivity contribution >= 4 is 5.97 Å². The molecule has 0 aromatic carbocycles. The van der Waals surface area contributed by atoms with Gasteiger partial charge in [0, 0.05) is 6.20 Å². The van der Waals surface area contributed by atoms with Crippen molar-refractivity contribution in [2.24, 2.45) is 0 Å². The van der Waals surface area contributed by atoms with E-state index < -0.39 is 5.60 Å². The summed E-state index contributed by atoms with van der Waals surface area (Å²) in [5.41, 5.74) is 0.124. The number of esters is 1. The maximum absolute atomic E-state index is 11.2. The van der Waals surface area contributed by atoms with Gasteiger partial charge in [0.05, 0.1) is 12.0 Å². The topological polar surface area (TPSA) is 55.0 Å². The molecule has 1 rings (SSSR count). The Morgan fingerprint density at radius 1 is 1.62 bits per heavy atom. The van der Waals surface area contributed by atoms with Crippen molar-refractivity contribution in [1.82, 2.24) is 9.97 Å². The molecule has 71 valence electrons. The molecule has 0 saturated heterocycles. The highest BCUT2D eigenvalue weighted by molar-refractivity contribution is 5.82. The lowest BCUT2D eigenvalue weighted by molar-refractivity contribution is -0.149. The van der Waals surface area contributed by atoms with Crippen LogP contribution in [0, 0.1) is 6.42 Å². The number of aromatic nitrogens is 2. The Kier molecular flexibility index (Phi) is 2.70. The van der Waals surface area contributed by atoms with Crippen molar-refractivity contribution in [1.29, 1.82) is 0 Å². The number of carbonyl (C=O) groups excluding carboxylic acids is 1. The van der Waals surface area contributed by atoms with Gasteiger partial charge in [-0.3, -0.25) is 4.79 Å². The van der Waals surface area contributed by atoms with Gasteiger partial charge in [-0.2, -0.15) is 0 Å². The van der Waals surface area contributed by atoms with Gasteiger partial charge in [0.1, 0.15) is 12.0 Å². The summed E-state index contributed by atoms with van der Waals surface area (Å²) in [5.74, 6) is -0.375. The van der Waals surface area contributed by atoms with Crippen LogP contribution in [-0.2, 0) is 9.53 Å². The largest absolute Gasteiger partial charge is 0.459 e. The molecule has 0 spiro atoms. The van der Waals surface area contributed by atoms with E-state index in [1.54, 1.807) is 6.20 Å². The van der Waals surface area contributed by atoms with Crippen molar-refractivity contribution in [2.75, 3.05) is 0 Å². The fourth-order valence-corrected chi connectivity index (χ4v) is 0.803. The minimum Gasteiger partial charge on any atom is -0.459 e. The zero-order chi connectivity index (χ0) is 9.90. The highest BCUT2D eigenvalue weighted by Gasteiger charge is 2.17. The van der Waals surface area contributed by atoms with Gasteiger partial charge in [0.15, 0.2) is 0 Å². The average Bonchev–Trinajstić information content (AvgIpc) is 2.34. The fourth-order valence-electron chi connectivity index (χ4n) is 0.803. The Morgan fingerprint density at radius 2 is 2.31 bits per heavy atom. The molecule has 4 heteroatoms. The zero-order valence-electron chi connectivity index (χ0n) is 8.00. The van der Waals surface area contributed by atoms with Crippen molar-refractivity contribution in [3.8, 4) is 0 Å². The van der Waals surface area contributed by atoms with Crippen LogP contribution >= 0.6 is 0 Å². The quantitative estimate of drug-likeness (QED) is 0.700. The van der Waals surface area contributed by atoms with Crippen LogP contribution in [0.5, 0.6) is 0 Å². The molecule has 1 heterocycles. The van der Waals surface area contributed by atoms with Gasteiger partial charge in [0.25, 0.3) is 0 Å². The Balaban J connectivity index is 2.43. The Labute approximate surface area is 77.3 Å². The molecule has 0 saturated carbocycles. The number of H-pyrrole nitrogens is 1. The van der Waals surface area contributed by atoms with Gasteiger partial charge < -0.3 is 9.72 Å². The van der Waals surface area contributed by atoms with Crippen LogP contribution in [-0.4, -0.2) is 21.5 Å². The highest BCUT2D eigenvalue weighted by Crippen LogP contribution is 2.09. The van der Waals surface area contributed by atoms with E-state index in [-0.39, 0.29) is 5.97 Å². The monoisotopic (exact) mass is 181 g/mol. The van der Waals surface area contributed by atoms with Crippen molar-refractivity contribution in [3.05, 3.63) is 24.6 Å². The maximum atomic E-state index is 11.2. The zero-order valence-corrected chi connectivity index (χ0v) is 8.00.